The Hall–Kier alpha value is -1.07. The van der Waals surface area contributed by atoms with Crippen molar-refractivity contribution in [2.75, 3.05) is 26.7 Å². The number of rotatable bonds is 8. The van der Waals surface area contributed by atoms with Gasteiger partial charge in [-0.25, -0.2) is 0 Å². The van der Waals surface area contributed by atoms with Gasteiger partial charge in [-0.1, -0.05) is 13.8 Å². The van der Waals surface area contributed by atoms with Gasteiger partial charge in [0.1, 0.15) is 11.8 Å². The predicted molar refractivity (Wildman–Crippen MR) is 76.5 cm³/mol. The third-order valence-corrected chi connectivity index (χ3v) is 3.44. The molecule has 1 N–H and O–H groups in total. The third kappa shape index (κ3) is 3.94. The second kappa shape index (κ2) is 7.50. The van der Waals surface area contributed by atoms with Crippen LogP contribution in [0.1, 0.15) is 52.0 Å². The van der Waals surface area contributed by atoms with Crippen molar-refractivity contribution in [2.24, 2.45) is 0 Å². The number of aliphatic hydroxyl groups excluding tert-OH is 1. The van der Waals surface area contributed by atoms with Gasteiger partial charge in [-0.3, -0.25) is 4.68 Å². The Labute approximate surface area is 116 Å². The molecule has 19 heavy (non-hydrogen) atoms. The van der Waals surface area contributed by atoms with Crippen molar-refractivity contribution in [1.29, 1.82) is 0 Å². The lowest BCUT2D eigenvalue weighted by Gasteiger charge is -2.21. The minimum atomic E-state index is -0.541. The molecule has 5 heteroatoms. The highest BCUT2D eigenvalue weighted by Crippen LogP contribution is 2.29. The van der Waals surface area contributed by atoms with Crippen LogP contribution in [0.25, 0.3) is 0 Å². The summed E-state index contributed by atoms with van der Waals surface area (Å²) in [6.07, 6.45) is 1.83. The number of hydrogen-bond acceptors (Lipinski definition) is 4. The molecule has 0 aliphatic heterocycles. The summed E-state index contributed by atoms with van der Waals surface area (Å²) in [5.41, 5.74) is 0.782. The summed E-state index contributed by atoms with van der Waals surface area (Å²) in [6.45, 7) is 11.2. The maximum absolute atomic E-state index is 10.4. The number of aliphatic hydroxyl groups is 1. The summed E-state index contributed by atoms with van der Waals surface area (Å²) < 4.78 is 7.14. The zero-order valence-electron chi connectivity index (χ0n) is 12.8. The van der Waals surface area contributed by atoms with Crippen LogP contribution in [0.3, 0.4) is 0 Å². The summed E-state index contributed by atoms with van der Waals surface area (Å²) in [6, 6.07) is 0.210. The van der Waals surface area contributed by atoms with Crippen molar-refractivity contribution in [3.8, 4) is 5.75 Å². The van der Waals surface area contributed by atoms with Gasteiger partial charge in [0, 0.05) is 12.6 Å². The average Bonchev–Trinajstić information content (AvgIpc) is 2.83. The van der Waals surface area contributed by atoms with Crippen LogP contribution in [0.2, 0.25) is 0 Å². The second-order valence-corrected chi connectivity index (χ2v) is 4.97. The van der Waals surface area contributed by atoms with Gasteiger partial charge in [-0.15, -0.1) is 0 Å². The van der Waals surface area contributed by atoms with Gasteiger partial charge in [0.15, 0.2) is 5.75 Å². The van der Waals surface area contributed by atoms with Gasteiger partial charge >= 0.3 is 0 Å². The van der Waals surface area contributed by atoms with Gasteiger partial charge in [0.25, 0.3) is 0 Å². The van der Waals surface area contributed by atoms with Gasteiger partial charge in [-0.05, 0) is 33.4 Å². The molecule has 0 aliphatic carbocycles. The average molecular weight is 269 g/mol. The Morgan fingerprint density at radius 2 is 2.00 bits per heavy atom. The second-order valence-electron chi connectivity index (χ2n) is 4.97. The molecule has 1 unspecified atom stereocenters. The maximum Gasteiger partial charge on any atom is 0.162 e. The smallest absolute Gasteiger partial charge is 0.162 e. The third-order valence-electron chi connectivity index (χ3n) is 3.44. The lowest BCUT2D eigenvalue weighted by Crippen LogP contribution is -2.26. The molecule has 1 atom stereocenters. The number of nitrogens with zero attached hydrogens (tertiary/aromatic N) is 3. The van der Waals surface area contributed by atoms with Crippen LogP contribution in [0.4, 0.5) is 0 Å². The molecular weight excluding hydrogens is 242 g/mol. The molecule has 0 bridgehead atoms. The fraction of sp³-hybridized carbons (Fsp3) is 0.786. The molecule has 0 amide bonds. The molecule has 5 nitrogen and oxygen atoms in total. The van der Waals surface area contributed by atoms with E-state index in [9.17, 15) is 5.11 Å². The van der Waals surface area contributed by atoms with E-state index in [1.807, 2.05) is 18.5 Å². The van der Waals surface area contributed by atoms with Crippen molar-refractivity contribution >= 4 is 0 Å². The summed E-state index contributed by atoms with van der Waals surface area (Å²) in [5, 5.41) is 14.7. The van der Waals surface area contributed by atoms with Crippen LogP contribution in [-0.4, -0.2) is 46.5 Å². The van der Waals surface area contributed by atoms with Gasteiger partial charge in [0.05, 0.1) is 13.3 Å². The first-order valence-electron chi connectivity index (χ1n) is 7.06. The SMILES string of the molecule is CCN(CC)CCC(O)c1c(OC)cnn1C(C)C. The lowest BCUT2D eigenvalue weighted by molar-refractivity contribution is 0.131. The zero-order valence-corrected chi connectivity index (χ0v) is 12.8. The Balaban J connectivity index is 2.80. The molecule has 0 saturated heterocycles. The molecule has 1 aromatic rings. The Bertz CT molecular complexity index is 373. The fourth-order valence-corrected chi connectivity index (χ4v) is 2.22. The molecule has 0 radical (unpaired) electrons. The number of ether oxygens (including phenoxy) is 1. The molecule has 0 aliphatic rings. The molecule has 0 spiro atoms. The largest absolute Gasteiger partial charge is 0.493 e. The normalized spacial score (nSPS) is 13.3. The Morgan fingerprint density at radius 1 is 1.37 bits per heavy atom. The summed E-state index contributed by atoms with van der Waals surface area (Å²) >= 11 is 0. The van der Waals surface area contributed by atoms with E-state index in [-0.39, 0.29) is 6.04 Å². The maximum atomic E-state index is 10.4. The Morgan fingerprint density at radius 3 is 2.47 bits per heavy atom. The van der Waals surface area contributed by atoms with Crippen LogP contribution < -0.4 is 4.74 Å². The summed E-state index contributed by atoms with van der Waals surface area (Å²) in [7, 11) is 1.61. The summed E-state index contributed by atoms with van der Waals surface area (Å²) in [5.74, 6) is 0.667. The lowest BCUT2D eigenvalue weighted by atomic mass is 10.1. The zero-order chi connectivity index (χ0) is 14.4. The number of aromatic nitrogens is 2. The minimum Gasteiger partial charge on any atom is -0.493 e. The fourth-order valence-electron chi connectivity index (χ4n) is 2.22. The van der Waals surface area contributed by atoms with E-state index in [1.54, 1.807) is 13.3 Å². The van der Waals surface area contributed by atoms with Crippen LogP contribution in [0.5, 0.6) is 5.75 Å². The van der Waals surface area contributed by atoms with E-state index in [2.05, 4.69) is 23.8 Å². The van der Waals surface area contributed by atoms with Gasteiger partial charge in [-0.2, -0.15) is 5.10 Å². The standard InChI is InChI=1S/C14H27N3O2/c1-6-16(7-2)9-8-12(18)14-13(19-5)10-15-17(14)11(3)4/h10-12,18H,6-9H2,1-5H3. The van der Waals surface area contributed by atoms with E-state index >= 15 is 0 Å². The van der Waals surface area contributed by atoms with Crippen molar-refractivity contribution < 1.29 is 9.84 Å². The van der Waals surface area contributed by atoms with Crippen molar-refractivity contribution in [3.05, 3.63) is 11.9 Å². The van der Waals surface area contributed by atoms with E-state index in [0.29, 0.717) is 12.2 Å². The highest BCUT2D eigenvalue weighted by molar-refractivity contribution is 5.27. The first-order chi connectivity index (χ1) is 9.04. The molecule has 0 aromatic carbocycles. The van der Waals surface area contributed by atoms with Crippen molar-refractivity contribution in [3.63, 3.8) is 0 Å². The predicted octanol–water partition coefficient (Wildman–Crippen LogP) is 2.24. The molecule has 0 saturated carbocycles. The first-order valence-corrected chi connectivity index (χ1v) is 7.06. The van der Waals surface area contributed by atoms with Gasteiger partial charge in [0.2, 0.25) is 0 Å². The van der Waals surface area contributed by atoms with E-state index in [0.717, 1.165) is 25.3 Å². The molecule has 1 aromatic heterocycles. The quantitative estimate of drug-likeness (QED) is 0.786. The van der Waals surface area contributed by atoms with E-state index < -0.39 is 6.10 Å². The number of hydrogen-bond donors (Lipinski definition) is 1. The molecule has 1 heterocycles. The van der Waals surface area contributed by atoms with Gasteiger partial charge < -0.3 is 14.7 Å². The highest BCUT2D eigenvalue weighted by atomic mass is 16.5. The van der Waals surface area contributed by atoms with E-state index in [4.69, 9.17) is 4.74 Å². The van der Waals surface area contributed by atoms with E-state index in [1.165, 1.54) is 0 Å². The van der Waals surface area contributed by atoms with Crippen LogP contribution in [0, 0.1) is 0 Å². The van der Waals surface area contributed by atoms with Crippen LogP contribution in [0.15, 0.2) is 6.20 Å². The highest BCUT2D eigenvalue weighted by Gasteiger charge is 2.21. The summed E-state index contributed by atoms with van der Waals surface area (Å²) in [4.78, 5) is 2.30. The van der Waals surface area contributed by atoms with Crippen molar-refractivity contribution in [2.45, 2.75) is 46.3 Å². The molecule has 110 valence electrons. The minimum absolute atomic E-state index is 0.210. The van der Waals surface area contributed by atoms with Crippen LogP contribution >= 0.6 is 0 Å². The van der Waals surface area contributed by atoms with Crippen LogP contribution in [-0.2, 0) is 0 Å². The molecular formula is C14H27N3O2. The first kappa shape index (κ1) is 16.0. The molecule has 0 fully saturated rings. The molecule has 1 rings (SSSR count). The monoisotopic (exact) mass is 269 g/mol. The topological polar surface area (TPSA) is 50.5 Å². The Kier molecular flexibility index (Phi) is 6.31. The van der Waals surface area contributed by atoms with Crippen molar-refractivity contribution in [1.82, 2.24) is 14.7 Å². The number of methoxy groups -OCH3 is 1.